The average Bonchev–Trinajstić information content (AvgIpc) is 2.86. The first-order valence-corrected chi connectivity index (χ1v) is 13.7. The lowest BCUT2D eigenvalue weighted by Crippen LogP contribution is -2.58. The number of aryl methyl sites for hydroxylation is 1. The van der Waals surface area contributed by atoms with Crippen molar-refractivity contribution in [3.8, 4) is 5.75 Å². The van der Waals surface area contributed by atoms with Crippen molar-refractivity contribution in [2.45, 2.75) is 110 Å². The van der Waals surface area contributed by atoms with E-state index in [1.54, 1.807) is 6.07 Å². The number of carboxylic acid groups (broad SMARTS) is 1. The Bertz CT molecular complexity index is 1010. The lowest BCUT2D eigenvalue weighted by atomic mass is 9.73. The molecule has 9 nitrogen and oxygen atoms in total. The minimum atomic E-state index is -1.20. The van der Waals surface area contributed by atoms with Gasteiger partial charge >= 0.3 is 5.97 Å². The third-order valence-corrected chi connectivity index (χ3v) is 8.05. The number of hydrogen-bond donors (Lipinski definition) is 5. The van der Waals surface area contributed by atoms with Crippen molar-refractivity contribution < 1.29 is 39.5 Å². The average molecular weight is 550 g/mol. The van der Waals surface area contributed by atoms with Gasteiger partial charge in [-0.25, -0.2) is 4.79 Å². The molecule has 1 aromatic carbocycles. The Labute approximate surface area is 232 Å². The second-order valence-corrected chi connectivity index (χ2v) is 11.7. The van der Waals surface area contributed by atoms with Crippen LogP contribution in [-0.2, 0) is 20.7 Å². The number of aliphatic hydroxyl groups excluding tert-OH is 2. The van der Waals surface area contributed by atoms with E-state index < -0.39 is 41.8 Å². The predicted octanol–water partition coefficient (Wildman–Crippen LogP) is 4.10. The van der Waals surface area contributed by atoms with E-state index in [2.05, 4.69) is 18.8 Å². The standard InChI is InChI=1S/C30H47NO8/c1-17(2)8-13-22(33)27(35)31-28(38-7)23-16-24(34)30(5,6)25(39-23)15-10-18(3)9-12-20-19(4)11-14-21(32)26(20)29(36)37/h11,14,18,22-25,28,32-34H,1,8-10,12-13,15-16H2,2-7H3,(H,31,35)(H,36,37)/t18-,22-,23-,24-,25?,28-/m0/s1. The number of ether oxygens (including phenoxy) is 2. The first-order chi connectivity index (χ1) is 18.2. The molecule has 6 atom stereocenters. The molecular weight excluding hydrogens is 502 g/mol. The molecule has 1 heterocycles. The van der Waals surface area contributed by atoms with Crippen LogP contribution in [0.5, 0.6) is 5.75 Å². The third kappa shape index (κ3) is 8.76. The van der Waals surface area contributed by atoms with Crippen LogP contribution >= 0.6 is 0 Å². The number of carbonyl (C=O) groups excluding carboxylic acids is 1. The van der Waals surface area contributed by atoms with E-state index >= 15 is 0 Å². The molecule has 0 aliphatic carbocycles. The predicted molar refractivity (Wildman–Crippen MR) is 149 cm³/mol. The summed E-state index contributed by atoms with van der Waals surface area (Å²) in [4.78, 5) is 24.2. The number of aromatic hydroxyl groups is 1. The summed E-state index contributed by atoms with van der Waals surface area (Å²) in [7, 11) is 1.45. The molecule has 1 amide bonds. The second kappa shape index (κ2) is 14.3. The number of carbonyl (C=O) groups is 2. The van der Waals surface area contributed by atoms with Gasteiger partial charge in [0.1, 0.15) is 23.5 Å². The van der Waals surface area contributed by atoms with Crippen LogP contribution in [0.15, 0.2) is 24.3 Å². The maximum absolute atomic E-state index is 12.5. The highest BCUT2D eigenvalue weighted by Gasteiger charge is 2.46. The number of amides is 1. The van der Waals surface area contributed by atoms with E-state index in [4.69, 9.17) is 9.47 Å². The molecule has 1 saturated heterocycles. The van der Waals surface area contributed by atoms with Gasteiger partial charge < -0.3 is 35.2 Å². The minimum absolute atomic E-state index is 0.0395. The first-order valence-electron chi connectivity index (χ1n) is 13.7. The number of benzene rings is 1. The van der Waals surface area contributed by atoms with Gasteiger partial charge in [0, 0.05) is 18.9 Å². The Morgan fingerprint density at radius 3 is 2.51 bits per heavy atom. The fraction of sp³-hybridized carbons (Fsp3) is 0.667. The van der Waals surface area contributed by atoms with E-state index in [9.17, 15) is 30.0 Å². The Kier molecular flexibility index (Phi) is 12.0. The number of rotatable bonds is 14. The zero-order chi connectivity index (χ0) is 29.5. The van der Waals surface area contributed by atoms with E-state index in [0.29, 0.717) is 24.8 Å². The molecule has 1 aliphatic rings. The van der Waals surface area contributed by atoms with Crippen molar-refractivity contribution in [3.63, 3.8) is 0 Å². The molecule has 9 heteroatoms. The first kappa shape index (κ1) is 32.8. The molecule has 39 heavy (non-hydrogen) atoms. The highest BCUT2D eigenvalue weighted by molar-refractivity contribution is 5.93. The van der Waals surface area contributed by atoms with Crippen LogP contribution in [0.2, 0.25) is 0 Å². The number of phenols is 1. The van der Waals surface area contributed by atoms with E-state index in [1.165, 1.54) is 13.2 Å². The lowest BCUT2D eigenvalue weighted by molar-refractivity contribution is -0.210. The molecule has 220 valence electrons. The van der Waals surface area contributed by atoms with Crippen LogP contribution in [0, 0.1) is 18.3 Å². The fourth-order valence-electron chi connectivity index (χ4n) is 5.14. The molecule has 1 fully saturated rings. The van der Waals surface area contributed by atoms with Crippen molar-refractivity contribution in [2.24, 2.45) is 11.3 Å². The van der Waals surface area contributed by atoms with Crippen LogP contribution in [-0.4, -0.2) is 70.1 Å². The van der Waals surface area contributed by atoms with Gasteiger partial charge in [-0.1, -0.05) is 32.4 Å². The summed E-state index contributed by atoms with van der Waals surface area (Å²) in [6.07, 6.45) is 0.118. The number of allylic oxidation sites excluding steroid dienone is 1. The number of methoxy groups -OCH3 is 1. The normalized spacial score (nSPS) is 23.0. The van der Waals surface area contributed by atoms with Gasteiger partial charge in [0.05, 0.1) is 12.2 Å². The Morgan fingerprint density at radius 2 is 1.92 bits per heavy atom. The maximum atomic E-state index is 12.5. The molecule has 0 spiro atoms. The Hall–Kier alpha value is -2.46. The molecule has 2 rings (SSSR count). The summed E-state index contributed by atoms with van der Waals surface area (Å²) in [5.74, 6) is -1.69. The highest BCUT2D eigenvalue weighted by atomic mass is 16.6. The summed E-state index contributed by atoms with van der Waals surface area (Å²) in [5, 5.41) is 43.5. The van der Waals surface area contributed by atoms with Crippen LogP contribution in [0.3, 0.4) is 0 Å². The number of aliphatic hydroxyl groups is 2. The largest absolute Gasteiger partial charge is 0.507 e. The van der Waals surface area contributed by atoms with Gasteiger partial charge in [0.2, 0.25) is 0 Å². The fourth-order valence-corrected chi connectivity index (χ4v) is 5.14. The van der Waals surface area contributed by atoms with E-state index in [0.717, 1.165) is 24.0 Å². The topological polar surface area (TPSA) is 146 Å². The molecule has 1 aliphatic heterocycles. The highest BCUT2D eigenvalue weighted by Crippen LogP contribution is 2.40. The number of hydrogen-bond acceptors (Lipinski definition) is 7. The zero-order valence-electron chi connectivity index (χ0n) is 24.2. The summed E-state index contributed by atoms with van der Waals surface area (Å²) in [5.41, 5.74) is 1.78. The Morgan fingerprint density at radius 1 is 1.26 bits per heavy atom. The van der Waals surface area contributed by atoms with Crippen molar-refractivity contribution in [1.82, 2.24) is 5.32 Å². The Balaban J connectivity index is 2.02. The van der Waals surface area contributed by atoms with Gasteiger partial charge in [-0.15, -0.1) is 6.58 Å². The summed E-state index contributed by atoms with van der Waals surface area (Å²) in [6, 6.07) is 3.14. The molecule has 0 radical (unpaired) electrons. The minimum Gasteiger partial charge on any atom is -0.507 e. The summed E-state index contributed by atoms with van der Waals surface area (Å²) >= 11 is 0. The van der Waals surface area contributed by atoms with Crippen molar-refractivity contribution in [2.75, 3.05) is 7.11 Å². The number of carboxylic acids is 1. The summed E-state index contributed by atoms with van der Waals surface area (Å²) in [6.45, 7) is 13.5. The van der Waals surface area contributed by atoms with Gasteiger partial charge in [-0.3, -0.25) is 4.79 Å². The van der Waals surface area contributed by atoms with Crippen molar-refractivity contribution in [3.05, 3.63) is 41.0 Å². The van der Waals surface area contributed by atoms with Crippen molar-refractivity contribution >= 4 is 11.9 Å². The van der Waals surface area contributed by atoms with Crippen LogP contribution < -0.4 is 5.32 Å². The third-order valence-electron chi connectivity index (χ3n) is 8.05. The number of aromatic carboxylic acids is 1. The van der Waals surface area contributed by atoms with E-state index in [-0.39, 0.29) is 36.2 Å². The molecule has 0 bridgehead atoms. The second-order valence-electron chi connectivity index (χ2n) is 11.7. The monoisotopic (exact) mass is 549 g/mol. The molecule has 0 aromatic heterocycles. The molecule has 1 aromatic rings. The van der Waals surface area contributed by atoms with Gasteiger partial charge in [-0.05, 0) is 75.5 Å². The van der Waals surface area contributed by atoms with Crippen LogP contribution in [0.25, 0.3) is 0 Å². The van der Waals surface area contributed by atoms with Gasteiger partial charge in [0.15, 0.2) is 6.23 Å². The SMILES string of the molecule is C=C(C)CC[C@H](O)C(=O)N[C@@H](OC)[C@@H]1C[C@H](O)C(C)(C)C(CC[C@@H](C)CCc2c(C)ccc(O)c2C(=O)O)O1. The van der Waals surface area contributed by atoms with Gasteiger partial charge in [0.25, 0.3) is 5.91 Å². The van der Waals surface area contributed by atoms with Crippen LogP contribution in [0.4, 0.5) is 0 Å². The molecule has 0 saturated carbocycles. The van der Waals surface area contributed by atoms with Gasteiger partial charge in [-0.2, -0.15) is 0 Å². The lowest BCUT2D eigenvalue weighted by Gasteiger charge is -2.47. The molecular formula is C30H47NO8. The maximum Gasteiger partial charge on any atom is 0.339 e. The van der Waals surface area contributed by atoms with E-state index in [1.807, 2.05) is 27.7 Å². The van der Waals surface area contributed by atoms with Crippen molar-refractivity contribution in [1.29, 1.82) is 0 Å². The molecule has 1 unspecified atom stereocenters. The number of nitrogens with one attached hydrogen (secondary N) is 1. The zero-order valence-corrected chi connectivity index (χ0v) is 24.2. The molecule has 5 N–H and O–H groups in total. The quantitative estimate of drug-likeness (QED) is 0.172. The van der Waals surface area contributed by atoms with Crippen LogP contribution in [0.1, 0.15) is 87.7 Å². The summed E-state index contributed by atoms with van der Waals surface area (Å²) < 4.78 is 11.9. The smallest absolute Gasteiger partial charge is 0.339 e.